The molecule has 4 N–H and O–H groups in total. The van der Waals surface area contributed by atoms with Crippen LogP contribution in [0.25, 0.3) is 0 Å². The van der Waals surface area contributed by atoms with Gasteiger partial charge < -0.3 is 20.4 Å². The Labute approximate surface area is 155 Å². The molecule has 0 saturated heterocycles. The number of aliphatic carboxylic acids is 1. The molecule has 0 bridgehead atoms. The molecule has 0 amide bonds. The first-order valence-electron chi connectivity index (χ1n) is 9.50. The number of hydrogen-bond acceptors (Lipinski definition) is 5. The summed E-state index contributed by atoms with van der Waals surface area (Å²) in [5, 5.41) is 37.4. The maximum Gasteiger partial charge on any atom is 0.303 e. The van der Waals surface area contributed by atoms with Gasteiger partial charge in [-0.25, -0.2) is 0 Å². The second kappa shape index (κ2) is 12.8. The van der Waals surface area contributed by atoms with Gasteiger partial charge in [-0.2, -0.15) is 0 Å². The standard InChI is InChI=1S/C20H32O6/c21-13-7-3-4-8-15(22)11-12-17-16(18(23)14-19(17)24)9-5-1-2-6-10-20(25)26/h1,5,11-12,15-17,19,21-22,24H,2-4,6-10,13-14H2,(H,25,26)/b5-1-,12-11+/t15-,16+,17-,19+/m1/s1. The molecule has 0 aromatic carbocycles. The van der Waals surface area contributed by atoms with Crippen molar-refractivity contribution in [1.29, 1.82) is 0 Å². The van der Waals surface area contributed by atoms with E-state index in [-0.39, 0.29) is 37.1 Å². The van der Waals surface area contributed by atoms with Gasteiger partial charge in [0.25, 0.3) is 0 Å². The fourth-order valence-corrected chi connectivity index (χ4v) is 3.25. The van der Waals surface area contributed by atoms with Crippen LogP contribution in [0.15, 0.2) is 24.3 Å². The molecule has 0 unspecified atom stereocenters. The summed E-state index contributed by atoms with van der Waals surface area (Å²) in [6, 6.07) is 0. The Kier molecular flexibility index (Phi) is 11.1. The monoisotopic (exact) mass is 368 g/mol. The number of allylic oxidation sites excluding steroid dienone is 2. The summed E-state index contributed by atoms with van der Waals surface area (Å²) in [5.74, 6) is -1.37. The second-order valence-electron chi connectivity index (χ2n) is 6.94. The zero-order valence-electron chi connectivity index (χ0n) is 15.3. The van der Waals surface area contributed by atoms with Gasteiger partial charge >= 0.3 is 5.97 Å². The minimum Gasteiger partial charge on any atom is -0.481 e. The largest absolute Gasteiger partial charge is 0.481 e. The van der Waals surface area contributed by atoms with Gasteiger partial charge in [0.1, 0.15) is 5.78 Å². The predicted octanol–water partition coefficient (Wildman–Crippen LogP) is 2.22. The van der Waals surface area contributed by atoms with Gasteiger partial charge in [-0.15, -0.1) is 0 Å². The molecular weight excluding hydrogens is 336 g/mol. The number of aliphatic hydroxyl groups is 3. The van der Waals surface area contributed by atoms with Crippen molar-refractivity contribution in [3.8, 4) is 0 Å². The third-order valence-corrected chi connectivity index (χ3v) is 4.76. The molecule has 6 nitrogen and oxygen atoms in total. The van der Waals surface area contributed by atoms with Crippen molar-refractivity contribution in [3.05, 3.63) is 24.3 Å². The van der Waals surface area contributed by atoms with E-state index in [9.17, 15) is 19.8 Å². The van der Waals surface area contributed by atoms with Crippen LogP contribution in [0.5, 0.6) is 0 Å². The molecule has 0 aromatic rings. The topological polar surface area (TPSA) is 115 Å². The van der Waals surface area contributed by atoms with Crippen LogP contribution in [0.1, 0.15) is 57.8 Å². The van der Waals surface area contributed by atoms with Gasteiger partial charge in [-0.1, -0.05) is 37.1 Å². The number of hydrogen-bond donors (Lipinski definition) is 4. The highest BCUT2D eigenvalue weighted by atomic mass is 16.4. The van der Waals surface area contributed by atoms with Crippen molar-refractivity contribution in [2.75, 3.05) is 6.61 Å². The molecule has 0 aromatic heterocycles. The van der Waals surface area contributed by atoms with Crippen LogP contribution in [0, 0.1) is 11.8 Å². The molecule has 0 radical (unpaired) electrons. The Hall–Kier alpha value is -1.50. The van der Waals surface area contributed by atoms with E-state index >= 15 is 0 Å². The summed E-state index contributed by atoms with van der Waals surface area (Å²) in [6.45, 7) is 0.161. The van der Waals surface area contributed by atoms with Gasteiger partial charge in [0.15, 0.2) is 0 Å². The molecule has 4 atom stereocenters. The van der Waals surface area contributed by atoms with Gasteiger partial charge in [0.2, 0.25) is 0 Å². The quantitative estimate of drug-likeness (QED) is 0.293. The predicted molar refractivity (Wildman–Crippen MR) is 98.6 cm³/mol. The summed E-state index contributed by atoms with van der Waals surface area (Å²) in [4.78, 5) is 22.6. The molecule has 6 heteroatoms. The zero-order chi connectivity index (χ0) is 19.4. The van der Waals surface area contributed by atoms with Gasteiger partial charge in [0.05, 0.1) is 12.2 Å². The molecule has 0 heterocycles. The minimum absolute atomic E-state index is 0.0276. The summed E-state index contributed by atoms with van der Waals surface area (Å²) in [6.07, 6.45) is 10.9. The Bertz CT molecular complexity index is 485. The number of ketones is 1. The van der Waals surface area contributed by atoms with Crippen molar-refractivity contribution in [2.24, 2.45) is 11.8 Å². The average molecular weight is 368 g/mol. The third kappa shape index (κ3) is 8.74. The van der Waals surface area contributed by atoms with E-state index in [2.05, 4.69) is 0 Å². The van der Waals surface area contributed by atoms with Crippen LogP contribution in [-0.2, 0) is 9.59 Å². The average Bonchev–Trinajstić information content (AvgIpc) is 2.85. The zero-order valence-corrected chi connectivity index (χ0v) is 15.3. The first-order valence-corrected chi connectivity index (χ1v) is 9.50. The Balaban J connectivity index is 2.45. The lowest BCUT2D eigenvalue weighted by Crippen LogP contribution is -2.18. The number of carboxylic acid groups (broad SMARTS) is 1. The third-order valence-electron chi connectivity index (χ3n) is 4.76. The van der Waals surface area contributed by atoms with Crippen LogP contribution >= 0.6 is 0 Å². The summed E-state index contributed by atoms with van der Waals surface area (Å²) in [5.41, 5.74) is 0. The first kappa shape index (κ1) is 22.5. The Morgan fingerprint density at radius 3 is 2.65 bits per heavy atom. The molecule has 148 valence electrons. The van der Waals surface area contributed by atoms with Crippen LogP contribution in [0.4, 0.5) is 0 Å². The molecule has 26 heavy (non-hydrogen) atoms. The highest BCUT2D eigenvalue weighted by Crippen LogP contribution is 2.33. The van der Waals surface area contributed by atoms with Crippen molar-refractivity contribution in [2.45, 2.75) is 70.0 Å². The lowest BCUT2D eigenvalue weighted by Gasteiger charge is -2.16. The summed E-state index contributed by atoms with van der Waals surface area (Å²) in [7, 11) is 0. The van der Waals surface area contributed by atoms with Crippen molar-refractivity contribution in [3.63, 3.8) is 0 Å². The van der Waals surface area contributed by atoms with E-state index < -0.39 is 18.2 Å². The number of aliphatic hydroxyl groups excluding tert-OH is 3. The number of rotatable bonds is 13. The van der Waals surface area contributed by atoms with E-state index in [1.807, 2.05) is 12.2 Å². The van der Waals surface area contributed by atoms with Crippen molar-refractivity contribution >= 4 is 11.8 Å². The molecule has 1 fully saturated rings. The van der Waals surface area contributed by atoms with Gasteiger partial charge in [-0.05, 0) is 32.1 Å². The van der Waals surface area contributed by atoms with E-state index in [1.165, 1.54) is 0 Å². The van der Waals surface area contributed by atoms with Gasteiger partial charge in [0, 0.05) is 31.3 Å². The molecule has 1 saturated carbocycles. The SMILES string of the molecule is O=C(O)CCC/C=C\C[C@@H]1C(=O)C[C@H](O)[C@@H]1/C=C/[C@H](O)CCCCCO. The van der Waals surface area contributed by atoms with E-state index in [1.54, 1.807) is 12.2 Å². The fourth-order valence-electron chi connectivity index (χ4n) is 3.25. The fraction of sp³-hybridized carbons (Fsp3) is 0.700. The highest BCUT2D eigenvalue weighted by Gasteiger charge is 2.39. The van der Waals surface area contributed by atoms with Crippen LogP contribution < -0.4 is 0 Å². The summed E-state index contributed by atoms with van der Waals surface area (Å²) >= 11 is 0. The smallest absolute Gasteiger partial charge is 0.303 e. The minimum atomic E-state index is -0.812. The normalized spacial score (nSPS) is 24.7. The number of unbranched alkanes of at least 4 members (excludes halogenated alkanes) is 3. The highest BCUT2D eigenvalue weighted by molar-refractivity contribution is 5.84. The van der Waals surface area contributed by atoms with E-state index in [0.29, 0.717) is 25.7 Å². The maximum atomic E-state index is 12.1. The first-order chi connectivity index (χ1) is 12.5. The van der Waals surface area contributed by atoms with Crippen molar-refractivity contribution in [1.82, 2.24) is 0 Å². The molecule has 0 aliphatic heterocycles. The lowest BCUT2D eigenvalue weighted by molar-refractivity contribution is -0.137. The molecular formula is C20H32O6. The molecule has 1 aliphatic carbocycles. The van der Waals surface area contributed by atoms with Crippen LogP contribution in [0.2, 0.25) is 0 Å². The van der Waals surface area contributed by atoms with Crippen LogP contribution in [0.3, 0.4) is 0 Å². The number of carbonyl (C=O) groups is 2. The van der Waals surface area contributed by atoms with Crippen LogP contribution in [-0.4, -0.2) is 51.0 Å². The van der Waals surface area contributed by atoms with Gasteiger partial charge in [-0.3, -0.25) is 9.59 Å². The van der Waals surface area contributed by atoms with Crippen molar-refractivity contribution < 1.29 is 30.0 Å². The number of carbonyl (C=O) groups excluding carboxylic acids is 1. The Morgan fingerprint density at radius 2 is 1.96 bits per heavy atom. The molecule has 1 aliphatic rings. The summed E-state index contributed by atoms with van der Waals surface area (Å²) < 4.78 is 0. The number of carboxylic acids is 1. The van der Waals surface area contributed by atoms with E-state index in [0.717, 1.165) is 19.3 Å². The van der Waals surface area contributed by atoms with E-state index in [4.69, 9.17) is 10.2 Å². The maximum absolute atomic E-state index is 12.1. The molecule has 0 spiro atoms. The number of Topliss-reactive ketones (excluding diaryl/α,β-unsaturated/α-hetero) is 1. The second-order valence-corrected chi connectivity index (χ2v) is 6.94. The Morgan fingerprint density at radius 1 is 1.19 bits per heavy atom. The lowest BCUT2D eigenvalue weighted by atomic mass is 9.90. The molecule has 1 rings (SSSR count).